The van der Waals surface area contributed by atoms with Gasteiger partial charge in [-0.05, 0) is 19.5 Å². The fourth-order valence-electron chi connectivity index (χ4n) is 0.544. The Morgan fingerprint density at radius 3 is 1.44 bits per heavy atom. The third kappa shape index (κ3) is 39.8. The van der Waals surface area contributed by atoms with Crippen molar-refractivity contribution in [2.75, 3.05) is 21.1 Å². The van der Waals surface area contributed by atoms with E-state index in [0.29, 0.717) is 0 Å². The molecule has 0 aliphatic carbocycles. The molecule has 1 heterocycles. The maximum absolute atomic E-state index is 10.1. The molecule has 146 valence electrons. The molecule has 2 amide bonds. The minimum Gasteiger partial charge on any atom is -0.498 e. The molecule has 0 atom stereocenters. The smallest absolute Gasteiger partial charge is 0.218 e. The Morgan fingerprint density at radius 2 is 1.40 bits per heavy atom. The van der Waals surface area contributed by atoms with Gasteiger partial charge < -0.3 is 17.2 Å². The van der Waals surface area contributed by atoms with E-state index < -0.39 is 0 Å². The average Bonchev–Trinajstić information content (AvgIpc) is 2.76. The normalized spacial score (nSPS) is 6.64. The van der Waals surface area contributed by atoms with E-state index in [1.54, 1.807) is 25.8 Å². The second kappa shape index (κ2) is 28.1. The number of carbonyl (C=O) groups excluding carboxylic acids is 2. The summed E-state index contributed by atoms with van der Waals surface area (Å²) in [4.78, 5) is 22.9. The van der Waals surface area contributed by atoms with E-state index in [1.807, 2.05) is 40.2 Å². The molecule has 1 rings (SSSR count). The number of rotatable bonds is 0. The molecule has 0 saturated carbocycles. The molecule has 1 aromatic heterocycles. The van der Waals surface area contributed by atoms with Gasteiger partial charge >= 0.3 is 0 Å². The Hall–Kier alpha value is -0.681. The van der Waals surface area contributed by atoms with Crippen LogP contribution >= 0.6 is 0 Å². The van der Waals surface area contributed by atoms with Crippen molar-refractivity contribution >= 4 is 20.2 Å². The fourth-order valence-corrected chi connectivity index (χ4v) is 0.544. The quantitative estimate of drug-likeness (QED) is 0.470. The second-order valence-electron chi connectivity index (χ2n) is 4.32. The van der Waals surface area contributed by atoms with Crippen molar-refractivity contribution in [3.8, 4) is 0 Å². The molecule has 25 heavy (non-hydrogen) atoms. The monoisotopic (exact) mass is 430 g/mol. The predicted molar refractivity (Wildman–Crippen MR) is 106 cm³/mol. The van der Waals surface area contributed by atoms with Crippen molar-refractivity contribution in [1.82, 2.24) is 19.6 Å². The Kier molecular flexibility index (Phi) is 49.6. The molecular weight excluding hydrogens is 392 g/mol. The maximum atomic E-state index is 10.1. The van der Waals surface area contributed by atoms with Crippen molar-refractivity contribution in [2.24, 2.45) is 7.05 Å². The van der Waals surface area contributed by atoms with Gasteiger partial charge in [-0.15, -0.1) is 0 Å². The average molecular weight is 430 g/mol. The number of hydrogen-bond acceptors (Lipinski definition) is 3. The van der Waals surface area contributed by atoms with Crippen molar-refractivity contribution < 1.29 is 42.3 Å². The van der Waals surface area contributed by atoms with Gasteiger partial charge in [-0.2, -0.15) is 5.10 Å². The number of nitrogens with zero attached hydrogens (tertiary/aromatic N) is 4. The summed E-state index contributed by atoms with van der Waals surface area (Å²) >= 11 is 0. The molecule has 0 saturated heterocycles. The van der Waals surface area contributed by atoms with Gasteiger partial charge in [0.1, 0.15) is 0 Å². The van der Waals surface area contributed by atoms with Crippen molar-refractivity contribution in [1.29, 1.82) is 0 Å². The van der Waals surface area contributed by atoms with Gasteiger partial charge in [-0.25, -0.2) is 0 Å². The van der Waals surface area contributed by atoms with E-state index in [2.05, 4.69) is 12.1 Å². The van der Waals surface area contributed by atoms with Crippen molar-refractivity contribution in [3.05, 3.63) is 32.4 Å². The van der Waals surface area contributed by atoms with Crippen LogP contribution in [-0.4, -0.2) is 61.0 Å². The molecular formula is C17H38BN4O2Y-2. The van der Waals surface area contributed by atoms with Crippen LogP contribution in [0.25, 0.3) is 0 Å². The molecule has 0 bridgehead atoms. The topological polar surface area (TPSA) is 58.4 Å². The third-order valence-electron chi connectivity index (χ3n) is 2.00. The largest absolute Gasteiger partial charge is 0.498 e. The molecule has 8 heteroatoms. The van der Waals surface area contributed by atoms with Crippen LogP contribution in [0.1, 0.15) is 40.7 Å². The first kappa shape index (κ1) is 44.1. The van der Waals surface area contributed by atoms with Crippen molar-refractivity contribution in [2.45, 2.75) is 42.0 Å². The number of aryl methyl sites for hydroxylation is 2. The summed E-state index contributed by atoms with van der Waals surface area (Å²) < 4.78 is 1.79. The molecule has 0 unspecified atom stereocenters. The standard InChI is InChI=1S/C5H8N2.C4H9NO.C4H8NO.C2H6.CH4.CH3.B.Y/c1-5-3-6-7(2)4-5;2*1-4(6)5(2)3;1-2;;;;/h3-4H,1-2H3;1-3H3;2H2,1,3H3;1-2H3;1H4;1H3;;/q;;-1;;;-1;;. The van der Waals surface area contributed by atoms with Crippen molar-refractivity contribution in [3.63, 3.8) is 0 Å². The zero-order valence-corrected chi connectivity index (χ0v) is 20.0. The SMILES string of the molecule is C.CC.CC(=O)N(C)C.Cc1cnn(C)c1.[B].[CH2-]N(C)C(C)=O.[CH3-].[Y]. The van der Waals surface area contributed by atoms with Crippen LogP contribution < -0.4 is 0 Å². The number of hydrogen-bond donors (Lipinski definition) is 0. The van der Waals surface area contributed by atoms with E-state index in [-0.39, 0.29) is 67.8 Å². The molecule has 1 aromatic rings. The summed E-state index contributed by atoms with van der Waals surface area (Å²) in [6.07, 6.45) is 3.81. The van der Waals surface area contributed by atoms with Crippen LogP contribution in [0.4, 0.5) is 0 Å². The summed E-state index contributed by atoms with van der Waals surface area (Å²) in [5.41, 5.74) is 1.21. The van der Waals surface area contributed by atoms with Crippen LogP contribution in [0, 0.1) is 21.4 Å². The number of carbonyl (C=O) groups is 2. The Bertz CT molecular complexity index is 363. The van der Waals surface area contributed by atoms with Crippen LogP contribution in [0.15, 0.2) is 12.4 Å². The predicted octanol–water partition coefficient (Wildman–Crippen LogP) is 2.81. The first-order valence-corrected chi connectivity index (χ1v) is 6.75. The molecule has 0 fully saturated rings. The van der Waals surface area contributed by atoms with Gasteiger partial charge in [0, 0.05) is 82.3 Å². The summed E-state index contributed by atoms with van der Waals surface area (Å²) in [6, 6.07) is 0. The van der Waals surface area contributed by atoms with E-state index >= 15 is 0 Å². The van der Waals surface area contributed by atoms with Crippen LogP contribution in [0.2, 0.25) is 0 Å². The van der Waals surface area contributed by atoms with E-state index in [9.17, 15) is 9.59 Å². The zero-order chi connectivity index (χ0) is 17.6. The maximum Gasteiger partial charge on any atom is 0.218 e. The summed E-state index contributed by atoms with van der Waals surface area (Å²) in [5, 5.41) is 3.93. The van der Waals surface area contributed by atoms with Crippen LogP contribution in [0.3, 0.4) is 0 Å². The van der Waals surface area contributed by atoms with E-state index in [4.69, 9.17) is 0 Å². The first-order valence-electron chi connectivity index (χ1n) is 6.75. The molecule has 0 aromatic carbocycles. The molecule has 0 aliphatic heterocycles. The van der Waals surface area contributed by atoms with Crippen LogP contribution in [-0.2, 0) is 49.3 Å². The molecule has 0 N–H and O–H groups in total. The van der Waals surface area contributed by atoms with Gasteiger partial charge in [0.05, 0.1) is 6.20 Å². The minimum atomic E-state index is -0.0185. The minimum absolute atomic E-state index is 0. The summed E-state index contributed by atoms with van der Waals surface area (Å²) in [6.45, 7) is 9.01. The van der Waals surface area contributed by atoms with E-state index in [1.165, 1.54) is 29.2 Å². The Morgan fingerprint density at radius 1 is 1.12 bits per heavy atom. The van der Waals surface area contributed by atoms with Gasteiger partial charge in [0.25, 0.3) is 0 Å². The fraction of sp³-hybridized carbons (Fsp3) is 0.588. The summed E-state index contributed by atoms with van der Waals surface area (Å²) in [5.74, 6) is 0.0741. The molecule has 6 nitrogen and oxygen atoms in total. The van der Waals surface area contributed by atoms with Gasteiger partial charge in [0.2, 0.25) is 5.91 Å². The molecule has 0 aliphatic rings. The third-order valence-corrected chi connectivity index (χ3v) is 2.00. The van der Waals surface area contributed by atoms with Gasteiger partial charge in [-0.1, -0.05) is 21.3 Å². The Balaban J connectivity index is -0.0000000345. The molecule has 0 spiro atoms. The first-order chi connectivity index (χ1) is 9.57. The Labute approximate surface area is 184 Å². The van der Waals surface area contributed by atoms with E-state index in [0.717, 1.165) is 0 Å². The van der Waals surface area contributed by atoms with Gasteiger partial charge in [-0.3, -0.25) is 21.3 Å². The number of amides is 2. The second-order valence-corrected chi connectivity index (χ2v) is 4.32. The van der Waals surface area contributed by atoms with Crippen LogP contribution in [0.5, 0.6) is 0 Å². The zero-order valence-electron chi connectivity index (χ0n) is 17.1. The molecule has 4 radical (unpaired) electrons. The summed E-state index contributed by atoms with van der Waals surface area (Å²) in [7, 11) is 10.3. The van der Waals surface area contributed by atoms with Gasteiger partial charge in [0.15, 0.2) is 5.91 Å². The number of aromatic nitrogens is 2.